The van der Waals surface area contributed by atoms with Gasteiger partial charge in [0.2, 0.25) is 0 Å². The average Bonchev–Trinajstić information content (AvgIpc) is 2.71. The van der Waals surface area contributed by atoms with E-state index in [1.807, 2.05) is 41.5 Å². The molecule has 0 aromatic carbocycles. The summed E-state index contributed by atoms with van der Waals surface area (Å²) in [5, 5.41) is 17.0. The molecule has 2 atom stereocenters. The minimum absolute atomic E-state index is 0.169. The maximum atomic E-state index is 10.9. The van der Waals surface area contributed by atoms with E-state index in [0.717, 1.165) is 52.1 Å². The van der Waals surface area contributed by atoms with Crippen LogP contribution in [-0.4, -0.2) is 72.9 Å². The summed E-state index contributed by atoms with van der Waals surface area (Å²) in [5.74, 6) is 0. The molecule has 3 N–H and O–H groups in total. The molecule has 2 unspecified atom stereocenters. The molecule has 0 saturated heterocycles. The van der Waals surface area contributed by atoms with Crippen LogP contribution in [0.25, 0.3) is 0 Å². The van der Waals surface area contributed by atoms with Gasteiger partial charge in [-0.05, 0) is 61.3 Å². The highest BCUT2D eigenvalue weighted by atomic mass is 16.3. The fourth-order valence-electron chi connectivity index (χ4n) is 2.98. The highest BCUT2D eigenvalue weighted by Gasteiger charge is 2.27. The number of hydrogen-bond acceptors (Lipinski definition) is 8. The molecule has 0 heterocycles. The second-order valence-electron chi connectivity index (χ2n) is 9.90. The minimum atomic E-state index is -0.333. The van der Waals surface area contributed by atoms with Gasteiger partial charge in [0.05, 0.1) is 0 Å². The van der Waals surface area contributed by atoms with E-state index in [1.165, 1.54) is 0 Å². The maximum Gasteiger partial charge on any atom is 0.107 e. The summed E-state index contributed by atoms with van der Waals surface area (Å²) in [6.45, 7) is 23.6. The molecule has 0 rings (SSSR count). The monoisotopic (exact) mass is 428 g/mol. The lowest BCUT2D eigenvalue weighted by molar-refractivity contribution is 0.223. The predicted octanol–water partition coefficient (Wildman–Crippen LogP) is 3.50. The van der Waals surface area contributed by atoms with Crippen molar-refractivity contribution in [2.45, 2.75) is 104 Å². The molecule has 0 aliphatic heterocycles. The van der Waals surface area contributed by atoms with Gasteiger partial charge >= 0.3 is 0 Å². The van der Waals surface area contributed by atoms with Crippen LogP contribution in [0, 0.1) is 9.81 Å². The fourth-order valence-corrected chi connectivity index (χ4v) is 2.98. The largest absolute Gasteiger partial charge is 0.310 e. The lowest BCUT2D eigenvalue weighted by Crippen LogP contribution is -2.53. The zero-order valence-corrected chi connectivity index (χ0v) is 21.0. The van der Waals surface area contributed by atoms with E-state index in [1.54, 1.807) is 0 Å². The smallest absolute Gasteiger partial charge is 0.107 e. The number of rotatable bonds is 18. The highest BCUT2D eigenvalue weighted by molar-refractivity contribution is 4.90. The molecule has 8 heteroatoms. The molecule has 0 aromatic rings. The van der Waals surface area contributed by atoms with Crippen molar-refractivity contribution in [3.8, 4) is 0 Å². The van der Waals surface area contributed by atoms with Gasteiger partial charge in [0.1, 0.15) is 12.1 Å². The number of nitroso groups, excluding NO2 is 2. The molecule has 0 saturated carbocycles. The molecule has 0 aliphatic carbocycles. The van der Waals surface area contributed by atoms with E-state index >= 15 is 0 Å². The first-order valence-electron chi connectivity index (χ1n) is 11.5. The Labute approximate surface area is 184 Å². The van der Waals surface area contributed by atoms with Crippen LogP contribution in [0.2, 0.25) is 0 Å². The molecule has 0 radical (unpaired) electrons. The van der Waals surface area contributed by atoms with Crippen molar-refractivity contribution in [3.63, 3.8) is 0 Å². The van der Waals surface area contributed by atoms with Crippen LogP contribution in [-0.2, 0) is 0 Å². The van der Waals surface area contributed by atoms with E-state index in [2.05, 4.69) is 52.0 Å². The first kappa shape index (κ1) is 29.0. The van der Waals surface area contributed by atoms with Crippen LogP contribution in [0.4, 0.5) is 0 Å². The molecule has 8 nitrogen and oxygen atoms in total. The maximum absolute atomic E-state index is 10.9. The fraction of sp³-hybridized carbons (Fsp3) is 1.00. The summed E-state index contributed by atoms with van der Waals surface area (Å²) < 4.78 is 0. The number of nitrogens with one attached hydrogen (secondary N) is 3. The van der Waals surface area contributed by atoms with Crippen LogP contribution in [0.5, 0.6) is 0 Å². The Morgan fingerprint density at radius 2 is 1.03 bits per heavy atom. The third kappa shape index (κ3) is 10.4. The lowest BCUT2D eigenvalue weighted by Gasteiger charge is -2.33. The lowest BCUT2D eigenvalue weighted by atomic mass is 9.96. The second kappa shape index (κ2) is 13.5. The Morgan fingerprint density at radius 3 is 1.33 bits per heavy atom. The first-order chi connectivity index (χ1) is 13.9. The van der Waals surface area contributed by atoms with Crippen LogP contribution >= 0.6 is 0 Å². The zero-order valence-electron chi connectivity index (χ0n) is 21.0. The number of nitrogens with zero attached hydrogens (tertiary/aromatic N) is 3. The van der Waals surface area contributed by atoms with E-state index in [4.69, 9.17) is 0 Å². The SMILES string of the molecule is CCC(C)(CC)NCCN(CCNC(C)(C)C(C)N=O)CCNC(C)(C)C(C)N=O. The Bertz CT molecular complexity index is 462. The van der Waals surface area contributed by atoms with E-state index in [9.17, 15) is 9.81 Å². The van der Waals surface area contributed by atoms with Crippen molar-refractivity contribution in [1.29, 1.82) is 0 Å². The van der Waals surface area contributed by atoms with Gasteiger partial charge < -0.3 is 16.0 Å². The quantitative estimate of drug-likeness (QED) is 0.289. The Morgan fingerprint density at radius 1 is 0.700 bits per heavy atom. The van der Waals surface area contributed by atoms with E-state index in [-0.39, 0.29) is 28.7 Å². The van der Waals surface area contributed by atoms with Crippen LogP contribution in [0.3, 0.4) is 0 Å². The Hall–Kier alpha value is -0.960. The van der Waals surface area contributed by atoms with Crippen molar-refractivity contribution >= 4 is 0 Å². The van der Waals surface area contributed by atoms with Crippen molar-refractivity contribution < 1.29 is 0 Å². The third-order valence-electron chi connectivity index (χ3n) is 6.96. The summed E-state index contributed by atoms with van der Waals surface area (Å²) in [7, 11) is 0. The summed E-state index contributed by atoms with van der Waals surface area (Å²) in [4.78, 5) is 24.2. The van der Waals surface area contributed by atoms with E-state index in [0.29, 0.717) is 0 Å². The van der Waals surface area contributed by atoms with Crippen molar-refractivity contribution in [3.05, 3.63) is 9.81 Å². The Kier molecular flexibility index (Phi) is 13.0. The summed E-state index contributed by atoms with van der Waals surface area (Å²) in [5.41, 5.74) is -0.498. The molecule has 0 aromatic heterocycles. The van der Waals surface area contributed by atoms with Gasteiger partial charge in [-0.2, -0.15) is 9.81 Å². The molecular formula is C22H48N6O2. The predicted molar refractivity (Wildman–Crippen MR) is 128 cm³/mol. The average molecular weight is 429 g/mol. The molecule has 178 valence electrons. The zero-order chi connectivity index (χ0) is 23.4. The van der Waals surface area contributed by atoms with Crippen molar-refractivity contribution in [1.82, 2.24) is 20.9 Å². The highest BCUT2D eigenvalue weighted by Crippen LogP contribution is 2.14. The molecule has 0 amide bonds. The molecule has 0 fully saturated rings. The van der Waals surface area contributed by atoms with Gasteiger partial charge in [0.15, 0.2) is 0 Å². The van der Waals surface area contributed by atoms with Gasteiger partial charge in [-0.15, -0.1) is 0 Å². The van der Waals surface area contributed by atoms with Gasteiger partial charge in [-0.25, -0.2) is 0 Å². The summed E-state index contributed by atoms with van der Waals surface area (Å²) in [6, 6.07) is -0.579. The first-order valence-corrected chi connectivity index (χ1v) is 11.5. The molecular weight excluding hydrogens is 380 g/mol. The third-order valence-corrected chi connectivity index (χ3v) is 6.96. The minimum Gasteiger partial charge on any atom is -0.310 e. The van der Waals surface area contributed by atoms with Gasteiger partial charge in [0, 0.05) is 55.9 Å². The summed E-state index contributed by atoms with van der Waals surface area (Å²) >= 11 is 0. The van der Waals surface area contributed by atoms with Gasteiger partial charge in [0.25, 0.3) is 0 Å². The molecule has 0 bridgehead atoms. The number of hydrogen-bond donors (Lipinski definition) is 3. The van der Waals surface area contributed by atoms with Crippen LogP contribution < -0.4 is 16.0 Å². The second-order valence-corrected chi connectivity index (χ2v) is 9.90. The van der Waals surface area contributed by atoms with Gasteiger partial charge in [-0.1, -0.05) is 24.2 Å². The van der Waals surface area contributed by atoms with Gasteiger partial charge in [-0.3, -0.25) is 4.90 Å². The molecule has 0 spiro atoms. The van der Waals surface area contributed by atoms with Crippen LogP contribution in [0.1, 0.15) is 75.2 Å². The Balaban J connectivity index is 4.79. The van der Waals surface area contributed by atoms with Crippen LogP contribution in [0.15, 0.2) is 10.4 Å². The standard InChI is InChI=1S/C22H48N6O2/c1-10-22(9,11-2)25-14-17-28(15-12-23-20(5,6)18(3)26-29)16-13-24-21(7,8)19(4)27-30/h18-19,23-25H,10-17H2,1-9H3. The normalized spacial score (nSPS) is 15.3. The van der Waals surface area contributed by atoms with E-state index < -0.39 is 0 Å². The van der Waals surface area contributed by atoms with Crippen molar-refractivity contribution in [2.24, 2.45) is 10.4 Å². The molecule has 30 heavy (non-hydrogen) atoms. The topological polar surface area (TPSA) is 98.2 Å². The summed E-state index contributed by atoms with van der Waals surface area (Å²) in [6.07, 6.45) is 2.20. The van der Waals surface area contributed by atoms with Crippen molar-refractivity contribution in [2.75, 3.05) is 39.3 Å². The molecule has 0 aliphatic rings.